The Balaban J connectivity index is 1.66. The van der Waals surface area contributed by atoms with Gasteiger partial charge in [-0.25, -0.2) is 0 Å². The normalized spacial score (nSPS) is 17.1. The van der Waals surface area contributed by atoms with Gasteiger partial charge in [0.25, 0.3) is 0 Å². The zero-order valence-corrected chi connectivity index (χ0v) is 13.5. The zero-order chi connectivity index (χ0) is 17.1. The Morgan fingerprint density at radius 2 is 1.96 bits per heavy atom. The van der Waals surface area contributed by atoms with Gasteiger partial charge in [-0.05, 0) is 24.1 Å². The Morgan fingerprint density at radius 3 is 2.67 bits per heavy atom. The number of likely N-dealkylation sites (tertiary alicyclic amines) is 1. The number of anilines is 1. The third-order valence-corrected chi connectivity index (χ3v) is 4.30. The predicted molar refractivity (Wildman–Crippen MR) is 91.4 cm³/mol. The average Bonchev–Trinajstić information content (AvgIpc) is 2.93. The van der Waals surface area contributed by atoms with Crippen LogP contribution in [0.25, 0.3) is 0 Å². The van der Waals surface area contributed by atoms with Crippen molar-refractivity contribution in [2.75, 3.05) is 11.9 Å². The van der Waals surface area contributed by atoms with Crippen LogP contribution in [0, 0.1) is 12.8 Å². The van der Waals surface area contributed by atoms with E-state index in [1.807, 2.05) is 43.3 Å². The summed E-state index contributed by atoms with van der Waals surface area (Å²) in [7, 11) is 0. The molecule has 0 saturated carbocycles. The van der Waals surface area contributed by atoms with E-state index in [4.69, 9.17) is 0 Å². The van der Waals surface area contributed by atoms with Gasteiger partial charge in [0, 0.05) is 19.5 Å². The molecule has 1 aliphatic rings. The topological polar surface area (TPSA) is 69.6 Å². The first-order chi connectivity index (χ1) is 11.5. The molecule has 5 heteroatoms. The average molecular weight is 324 g/mol. The quantitative estimate of drug-likeness (QED) is 0.850. The molecular formula is C19H20N2O3. The molecule has 124 valence electrons. The van der Waals surface area contributed by atoms with Gasteiger partial charge in [-0.3, -0.25) is 9.59 Å². The van der Waals surface area contributed by atoms with E-state index in [1.165, 1.54) is 6.07 Å². The van der Waals surface area contributed by atoms with Gasteiger partial charge in [-0.15, -0.1) is 0 Å². The highest BCUT2D eigenvalue weighted by atomic mass is 16.3. The first-order valence-corrected chi connectivity index (χ1v) is 7.95. The summed E-state index contributed by atoms with van der Waals surface area (Å²) in [6.45, 7) is 2.72. The Hall–Kier alpha value is -2.82. The van der Waals surface area contributed by atoms with Crippen LogP contribution < -0.4 is 5.32 Å². The molecule has 0 bridgehead atoms. The van der Waals surface area contributed by atoms with Gasteiger partial charge >= 0.3 is 0 Å². The van der Waals surface area contributed by atoms with Gasteiger partial charge < -0.3 is 15.3 Å². The maximum Gasteiger partial charge on any atom is 0.229 e. The van der Waals surface area contributed by atoms with Gasteiger partial charge in [-0.2, -0.15) is 0 Å². The number of carbonyl (C=O) groups excluding carboxylic acids is 2. The number of amides is 2. The fourth-order valence-corrected chi connectivity index (χ4v) is 2.94. The highest BCUT2D eigenvalue weighted by Gasteiger charge is 2.34. The van der Waals surface area contributed by atoms with Crippen LogP contribution in [0.1, 0.15) is 17.5 Å². The number of phenolic OH excluding ortho intramolecular Hbond substituents is 1. The van der Waals surface area contributed by atoms with Crippen LogP contribution in [0.2, 0.25) is 0 Å². The lowest BCUT2D eigenvalue weighted by Crippen LogP contribution is -2.28. The summed E-state index contributed by atoms with van der Waals surface area (Å²) >= 11 is 0. The summed E-state index contributed by atoms with van der Waals surface area (Å²) in [4.78, 5) is 26.3. The fourth-order valence-electron chi connectivity index (χ4n) is 2.94. The first-order valence-electron chi connectivity index (χ1n) is 7.95. The molecule has 0 aliphatic carbocycles. The van der Waals surface area contributed by atoms with Crippen molar-refractivity contribution >= 4 is 17.5 Å². The third kappa shape index (κ3) is 3.40. The van der Waals surface area contributed by atoms with Crippen molar-refractivity contribution < 1.29 is 14.7 Å². The number of hydrogen-bond acceptors (Lipinski definition) is 3. The smallest absolute Gasteiger partial charge is 0.229 e. The second-order valence-corrected chi connectivity index (χ2v) is 6.12. The summed E-state index contributed by atoms with van der Waals surface area (Å²) in [5, 5.41) is 12.6. The zero-order valence-electron chi connectivity index (χ0n) is 13.5. The highest BCUT2D eigenvalue weighted by molar-refractivity contribution is 5.98. The number of benzene rings is 2. The fraction of sp³-hybridized carbons (Fsp3) is 0.263. The lowest BCUT2D eigenvalue weighted by Gasteiger charge is -2.17. The number of carbonyl (C=O) groups is 2. The highest BCUT2D eigenvalue weighted by Crippen LogP contribution is 2.28. The Morgan fingerprint density at radius 1 is 1.21 bits per heavy atom. The molecule has 2 N–H and O–H groups in total. The number of nitrogens with one attached hydrogen (secondary N) is 1. The minimum Gasteiger partial charge on any atom is -0.506 e. The summed E-state index contributed by atoms with van der Waals surface area (Å²) in [6.07, 6.45) is 0.200. The standard InChI is InChI=1S/C19H20N2O3/c1-13-6-5-9-16(22)18(13)20-19(24)15-10-17(23)21(12-15)11-14-7-3-2-4-8-14/h2-9,15,22H,10-12H2,1H3,(H,20,24)/t15-/m0/s1. The number of hydrogen-bond donors (Lipinski definition) is 2. The maximum absolute atomic E-state index is 12.5. The number of aromatic hydroxyl groups is 1. The van der Waals surface area contributed by atoms with Crippen LogP contribution >= 0.6 is 0 Å². The van der Waals surface area contributed by atoms with Gasteiger partial charge in [0.2, 0.25) is 11.8 Å². The van der Waals surface area contributed by atoms with Crippen molar-refractivity contribution in [3.8, 4) is 5.75 Å². The number of rotatable bonds is 4. The monoisotopic (exact) mass is 324 g/mol. The van der Waals surface area contributed by atoms with E-state index >= 15 is 0 Å². The van der Waals surface area contributed by atoms with E-state index in [1.54, 1.807) is 11.0 Å². The van der Waals surface area contributed by atoms with Gasteiger partial charge in [-0.1, -0.05) is 42.5 Å². The van der Waals surface area contributed by atoms with Crippen molar-refractivity contribution in [2.45, 2.75) is 19.9 Å². The molecule has 5 nitrogen and oxygen atoms in total. The molecule has 2 amide bonds. The van der Waals surface area contributed by atoms with Crippen LogP contribution in [-0.4, -0.2) is 28.4 Å². The Bertz CT molecular complexity index is 738. The molecule has 1 saturated heterocycles. The van der Waals surface area contributed by atoms with Gasteiger partial charge in [0.15, 0.2) is 0 Å². The second kappa shape index (κ2) is 6.74. The summed E-state index contributed by atoms with van der Waals surface area (Å²) in [6, 6.07) is 14.8. The molecule has 24 heavy (non-hydrogen) atoms. The maximum atomic E-state index is 12.5. The molecule has 1 atom stereocenters. The SMILES string of the molecule is Cc1cccc(O)c1NC(=O)[C@H]1CC(=O)N(Cc2ccccc2)C1. The van der Waals surface area contributed by atoms with Crippen molar-refractivity contribution in [3.63, 3.8) is 0 Å². The summed E-state index contributed by atoms with van der Waals surface area (Å²) < 4.78 is 0. The van der Waals surface area contributed by atoms with Crippen molar-refractivity contribution in [3.05, 3.63) is 59.7 Å². The first kappa shape index (κ1) is 16.1. The van der Waals surface area contributed by atoms with Crippen molar-refractivity contribution in [2.24, 2.45) is 5.92 Å². The number of para-hydroxylation sites is 1. The number of aryl methyl sites for hydroxylation is 1. The van der Waals surface area contributed by atoms with Crippen molar-refractivity contribution in [1.82, 2.24) is 4.90 Å². The lowest BCUT2D eigenvalue weighted by atomic mass is 10.1. The molecule has 0 aromatic heterocycles. The van der Waals surface area contributed by atoms with Crippen molar-refractivity contribution in [1.29, 1.82) is 0 Å². The van der Waals surface area contributed by atoms with E-state index in [9.17, 15) is 14.7 Å². The molecule has 1 fully saturated rings. The van der Waals surface area contributed by atoms with Crippen LogP contribution in [0.3, 0.4) is 0 Å². The summed E-state index contributed by atoms with van der Waals surface area (Å²) in [5.74, 6) is -0.620. The van der Waals surface area contributed by atoms with Gasteiger partial charge in [0.05, 0.1) is 11.6 Å². The molecule has 0 spiro atoms. The largest absolute Gasteiger partial charge is 0.506 e. The second-order valence-electron chi connectivity index (χ2n) is 6.12. The molecular weight excluding hydrogens is 304 g/mol. The van der Waals surface area contributed by atoms with Crippen LogP contribution in [0.4, 0.5) is 5.69 Å². The lowest BCUT2D eigenvalue weighted by molar-refractivity contribution is -0.128. The Labute approximate surface area is 140 Å². The van der Waals surface area contributed by atoms with E-state index in [-0.39, 0.29) is 24.0 Å². The molecule has 2 aromatic carbocycles. The summed E-state index contributed by atoms with van der Waals surface area (Å²) in [5.41, 5.74) is 2.24. The van der Waals surface area contributed by atoms with E-state index in [0.29, 0.717) is 18.8 Å². The molecule has 3 rings (SSSR count). The molecule has 0 radical (unpaired) electrons. The molecule has 2 aromatic rings. The van der Waals surface area contributed by atoms with Crippen LogP contribution in [0.15, 0.2) is 48.5 Å². The minimum atomic E-state index is -0.403. The number of nitrogens with zero attached hydrogens (tertiary/aromatic N) is 1. The Kier molecular flexibility index (Phi) is 4.51. The number of phenols is 1. The minimum absolute atomic E-state index is 0.0204. The van der Waals surface area contributed by atoms with E-state index in [0.717, 1.165) is 11.1 Å². The van der Waals surface area contributed by atoms with Gasteiger partial charge in [0.1, 0.15) is 5.75 Å². The molecule has 1 aliphatic heterocycles. The predicted octanol–water partition coefficient (Wildman–Crippen LogP) is 2.69. The molecule has 0 unspecified atom stereocenters. The third-order valence-electron chi connectivity index (χ3n) is 4.30. The van der Waals surface area contributed by atoms with E-state index in [2.05, 4.69) is 5.32 Å². The van der Waals surface area contributed by atoms with Crippen LogP contribution in [0.5, 0.6) is 5.75 Å². The van der Waals surface area contributed by atoms with E-state index < -0.39 is 5.92 Å². The van der Waals surface area contributed by atoms with Crippen LogP contribution in [-0.2, 0) is 16.1 Å². The molecule has 1 heterocycles.